The molecule has 0 aliphatic rings. The smallest absolute Gasteiger partial charge is 0.352 e. The van der Waals surface area contributed by atoms with Crippen molar-refractivity contribution in [3.05, 3.63) is 24.0 Å². The molecule has 1 aromatic rings. The maximum atomic E-state index is 11.7. The standard InChI is InChI=1S/C12H17N3O4/c1-8(11(17)14(2)3)13-10(16)7-15-6-4-5-9(15)12(18)19/h4-6,8H,7H2,1-3H3,(H,13,16)(H,18,19). The fraction of sp³-hybridized carbons (Fsp3) is 0.417. The summed E-state index contributed by atoms with van der Waals surface area (Å²) < 4.78 is 1.31. The van der Waals surface area contributed by atoms with Crippen LogP contribution < -0.4 is 5.32 Å². The van der Waals surface area contributed by atoms with Crippen molar-refractivity contribution >= 4 is 17.8 Å². The average molecular weight is 267 g/mol. The van der Waals surface area contributed by atoms with Crippen molar-refractivity contribution in [3.63, 3.8) is 0 Å². The molecule has 0 radical (unpaired) electrons. The number of carboxylic acid groups (broad SMARTS) is 1. The highest BCUT2D eigenvalue weighted by Gasteiger charge is 2.18. The Morgan fingerprint density at radius 2 is 2.05 bits per heavy atom. The van der Waals surface area contributed by atoms with Crippen LogP contribution in [0.2, 0.25) is 0 Å². The fourth-order valence-electron chi connectivity index (χ4n) is 1.64. The SMILES string of the molecule is CC(NC(=O)Cn1cccc1C(=O)O)C(=O)N(C)C. The number of carboxylic acids is 1. The summed E-state index contributed by atoms with van der Waals surface area (Å²) in [7, 11) is 3.19. The Balaban J connectivity index is 2.63. The first kappa shape index (κ1) is 14.7. The Morgan fingerprint density at radius 1 is 1.42 bits per heavy atom. The lowest BCUT2D eigenvalue weighted by molar-refractivity contribution is -0.134. The molecule has 0 aliphatic heterocycles. The monoisotopic (exact) mass is 267 g/mol. The molecule has 0 bridgehead atoms. The lowest BCUT2D eigenvalue weighted by atomic mass is 10.3. The van der Waals surface area contributed by atoms with Crippen LogP contribution in [0.1, 0.15) is 17.4 Å². The molecule has 2 N–H and O–H groups in total. The van der Waals surface area contributed by atoms with Gasteiger partial charge in [-0.05, 0) is 19.1 Å². The van der Waals surface area contributed by atoms with Gasteiger partial charge in [-0.15, -0.1) is 0 Å². The molecule has 2 amide bonds. The van der Waals surface area contributed by atoms with E-state index >= 15 is 0 Å². The first-order chi connectivity index (χ1) is 8.82. The zero-order chi connectivity index (χ0) is 14.6. The lowest BCUT2D eigenvalue weighted by Gasteiger charge is -2.18. The van der Waals surface area contributed by atoms with Gasteiger partial charge in [-0.3, -0.25) is 9.59 Å². The summed E-state index contributed by atoms with van der Waals surface area (Å²) in [5.74, 6) is -1.74. The minimum atomic E-state index is -1.10. The van der Waals surface area contributed by atoms with Gasteiger partial charge in [0.2, 0.25) is 11.8 Å². The Hall–Kier alpha value is -2.31. The van der Waals surface area contributed by atoms with Crippen LogP contribution in [0.15, 0.2) is 18.3 Å². The maximum absolute atomic E-state index is 11.7. The van der Waals surface area contributed by atoms with E-state index in [0.717, 1.165) is 0 Å². The number of hydrogen-bond acceptors (Lipinski definition) is 3. The molecule has 1 heterocycles. The molecule has 0 fully saturated rings. The van der Waals surface area contributed by atoms with Crippen LogP contribution in [0.5, 0.6) is 0 Å². The first-order valence-electron chi connectivity index (χ1n) is 5.72. The van der Waals surface area contributed by atoms with Crippen LogP contribution >= 0.6 is 0 Å². The molecule has 19 heavy (non-hydrogen) atoms. The van der Waals surface area contributed by atoms with Crippen LogP contribution in [0.4, 0.5) is 0 Å². The van der Waals surface area contributed by atoms with Crippen LogP contribution in [0.25, 0.3) is 0 Å². The van der Waals surface area contributed by atoms with Gasteiger partial charge in [-0.25, -0.2) is 4.79 Å². The van der Waals surface area contributed by atoms with Crippen molar-refractivity contribution in [2.45, 2.75) is 19.5 Å². The number of carbonyl (C=O) groups excluding carboxylic acids is 2. The van der Waals surface area contributed by atoms with Crippen molar-refractivity contribution in [1.82, 2.24) is 14.8 Å². The molecule has 0 saturated carbocycles. The number of hydrogen-bond donors (Lipinski definition) is 2. The summed E-state index contributed by atoms with van der Waals surface area (Å²) in [4.78, 5) is 35.5. The Bertz CT molecular complexity index is 493. The molecule has 1 atom stereocenters. The third-order valence-corrected chi connectivity index (χ3v) is 2.55. The Morgan fingerprint density at radius 3 is 2.58 bits per heavy atom. The number of carbonyl (C=O) groups is 3. The van der Waals surface area contributed by atoms with Gasteiger partial charge in [0.25, 0.3) is 0 Å². The van der Waals surface area contributed by atoms with E-state index in [9.17, 15) is 14.4 Å². The number of rotatable bonds is 5. The summed E-state index contributed by atoms with van der Waals surface area (Å²) >= 11 is 0. The lowest BCUT2D eigenvalue weighted by Crippen LogP contribution is -2.45. The Kier molecular flexibility index (Phi) is 4.68. The van der Waals surface area contributed by atoms with Crippen LogP contribution in [-0.2, 0) is 16.1 Å². The number of aromatic nitrogens is 1. The van der Waals surface area contributed by atoms with E-state index in [1.165, 1.54) is 21.7 Å². The first-order valence-corrected chi connectivity index (χ1v) is 5.72. The van der Waals surface area contributed by atoms with Gasteiger partial charge in [-0.1, -0.05) is 0 Å². The third kappa shape index (κ3) is 3.84. The highest BCUT2D eigenvalue weighted by Crippen LogP contribution is 2.02. The van der Waals surface area contributed by atoms with Gasteiger partial charge < -0.3 is 19.9 Å². The topological polar surface area (TPSA) is 91.6 Å². The third-order valence-electron chi connectivity index (χ3n) is 2.55. The second-order valence-corrected chi connectivity index (χ2v) is 4.35. The van der Waals surface area contributed by atoms with E-state index < -0.39 is 17.9 Å². The van der Waals surface area contributed by atoms with Gasteiger partial charge in [0.05, 0.1) is 0 Å². The number of nitrogens with one attached hydrogen (secondary N) is 1. The van der Waals surface area contributed by atoms with E-state index in [1.54, 1.807) is 27.1 Å². The highest BCUT2D eigenvalue weighted by molar-refractivity contribution is 5.88. The van der Waals surface area contributed by atoms with Crippen molar-refractivity contribution in [2.75, 3.05) is 14.1 Å². The molecule has 0 aromatic carbocycles. The highest BCUT2D eigenvalue weighted by atomic mass is 16.4. The molecule has 0 spiro atoms. The van der Waals surface area contributed by atoms with E-state index in [4.69, 9.17) is 5.11 Å². The molecular weight excluding hydrogens is 250 g/mol. The van der Waals surface area contributed by atoms with Gasteiger partial charge in [-0.2, -0.15) is 0 Å². The molecule has 1 aromatic heterocycles. The molecule has 104 valence electrons. The largest absolute Gasteiger partial charge is 0.477 e. The van der Waals surface area contributed by atoms with E-state index in [2.05, 4.69) is 5.32 Å². The number of nitrogens with zero attached hydrogens (tertiary/aromatic N) is 2. The predicted molar refractivity (Wildman–Crippen MR) is 67.7 cm³/mol. The average Bonchev–Trinajstić information content (AvgIpc) is 2.75. The fourth-order valence-corrected chi connectivity index (χ4v) is 1.64. The van der Waals surface area contributed by atoms with Crippen molar-refractivity contribution in [2.24, 2.45) is 0 Å². The minimum absolute atomic E-state index is 0.0294. The maximum Gasteiger partial charge on any atom is 0.352 e. The quantitative estimate of drug-likeness (QED) is 0.771. The molecule has 1 unspecified atom stereocenters. The van der Waals surface area contributed by atoms with Crippen LogP contribution in [0.3, 0.4) is 0 Å². The molecule has 7 nitrogen and oxygen atoms in total. The van der Waals surface area contributed by atoms with Crippen LogP contribution in [0, 0.1) is 0 Å². The zero-order valence-electron chi connectivity index (χ0n) is 11.1. The number of amides is 2. The normalized spacial score (nSPS) is 11.7. The van der Waals surface area contributed by atoms with Gasteiger partial charge >= 0.3 is 5.97 Å². The molecule has 7 heteroatoms. The van der Waals surface area contributed by atoms with E-state index in [-0.39, 0.29) is 18.1 Å². The molecular formula is C12H17N3O4. The number of likely N-dealkylation sites (N-methyl/N-ethyl adjacent to an activating group) is 1. The van der Waals surface area contributed by atoms with Crippen molar-refractivity contribution in [1.29, 1.82) is 0 Å². The Labute approximate surface area is 110 Å². The molecule has 0 aliphatic carbocycles. The van der Waals surface area contributed by atoms with E-state index in [0.29, 0.717) is 0 Å². The van der Waals surface area contributed by atoms with Gasteiger partial charge in [0, 0.05) is 20.3 Å². The summed E-state index contributed by atoms with van der Waals surface area (Å²) in [5, 5.41) is 11.4. The second-order valence-electron chi connectivity index (χ2n) is 4.35. The molecule has 1 rings (SSSR count). The van der Waals surface area contributed by atoms with Crippen molar-refractivity contribution < 1.29 is 19.5 Å². The summed E-state index contributed by atoms with van der Waals surface area (Å²) in [6, 6.07) is 2.31. The minimum Gasteiger partial charge on any atom is -0.477 e. The number of aromatic carboxylic acids is 1. The molecule has 0 saturated heterocycles. The van der Waals surface area contributed by atoms with Crippen LogP contribution in [-0.4, -0.2) is 52.5 Å². The van der Waals surface area contributed by atoms with Gasteiger partial charge in [0.15, 0.2) is 0 Å². The zero-order valence-corrected chi connectivity index (χ0v) is 11.1. The van der Waals surface area contributed by atoms with Gasteiger partial charge in [0.1, 0.15) is 18.3 Å². The summed E-state index contributed by atoms with van der Waals surface area (Å²) in [5.41, 5.74) is 0.0294. The van der Waals surface area contributed by atoms with Crippen molar-refractivity contribution in [3.8, 4) is 0 Å². The second kappa shape index (κ2) is 6.03. The van der Waals surface area contributed by atoms with E-state index in [1.807, 2.05) is 0 Å². The predicted octanol–water partition coefficient (Wildman–Crippen LogP) is -0.221. The summed E-state index contributed by atoms with van der Waals surface area (Å²) in [6.45, 7) is 1.44. The summed E-state index contributed by atoms with van der Waals surface area (Å²) in [6.07, 6.45) is 1.50.